The van der Waals surface area contributed by atoms with E-state index in [9.17, 15) is 4.39 Å². The van der Waals surface area contributed by atoms with Crippen molar-refractivity contribution in [3.8, 4) is 29.0 Å². The second-order valence-electron chi connectivity index (χ2n) is 7.85. The molecule has 2 heteroatoms. The van der Waals surface area contributed by atoms with Crippen molar-refractivity contribution in [3.05, 3.63) is 71.1 Å². The fourth-order valence-electron chi connectivity index (χ4n) is 3.83. The lowest BCUT2D eigenvalue weighted by molar-refractivity contribution is 0.417. The molecule has 0 fully saturated rings. The molecule has 0 bridgehead atoms. The highest BCUT2D eigenvalue weighted by Crippen LogP contribution is 2.28. The number of halogens is 1. The summed E-state index contributed by atoms with van der Waals surface area (Å²) in [5, 5.41) is 8.86. The van der Waals surface area contributed by atoms with Gasteiger partial charge in [0.05, 0.1) is 11.6 Å². The first-order chi connectivity index (χ1) is 14.2. The molecule has 0 amide bonds. The average molecular weight is 386 g/mol. The predicted octanol–water partition coefficient (Wildman–Crippen LogP) is 7.41. The lowest BCUT2D eigenvalue weighted by atomic mass is 9.86. The van der Waals surface area contributed by atoms with Crippen LogP contribution in [0, 0.1) is 34.9 Å². The Kier molecular flexibility index (Phi) is 7.66. The van der Waals surface area contributed by atoms with Crippen LogP contribution in [0.2, 0.25) is 0 Å². The molecule has 3 rings (SSSR count). The Morgan fingerprint density at radius 1 is 1.00 bits per heavy atom. The van der Waals surface area contributed by atoms with Gasteiger partial charge in [0.2, 0.25) is 0 Å². The predicted molar refractivity (Wildman–Crippen MR) is 118 cm³/mol. The van der Waals surface area contributed by atoms with Crippen molar-refractivity contribution >= 4 is 0 Å². The zero-order valence-corrected chi connectivity index (χ0v) is 17.2. The number of nitrogens with zero attached hydrogens (tertiary/aromatic N) is 1. The van der Waals surface area contributed by atoms with E-state index in [0.29, 0.717) is 11.1 Å². The third-order valence-electron chi connectivity index (χ3n) is 5.65. The van der Waals surface area contributed by atoms with Crippen LogP contribution in [0.4, 0.5) is 4.39 Å². The second kappa shape index (κ2) is 10.6. The molecule has 0 spiro atoms. The van der Waals surface area contributed by atoms with Crippen molar-refractivity contribution in [2.45, 2.75) is 58.3 Å². The number of nitriles is 1. The molecule has 1 aliphatic rings. The highest BCUT2D eigenvalue weighted by atomic mass is 19.1. The van der Waals surface area contributed by atoms with Gasteiger partial charge in [-0.05, 0) is 60.6 Å². The maximum atomic E-state index is 14.2. The van der Waals surface area contributed by atoms with Crippen LogP contribution >= 0.6 is 0 Å². The smallest absolute Gasteiger partial charge is 0.132 e. The summed E-state index contributed by atoms with van der Waals surface area (Å²) in [6, 6.07) is 14.2. The minimum absolute atomic E-state index is 0.331. The van der Waals surface area contributed by atoms with Gasteiger partial charge in [-0.1, -0.05) is 75.1 Å². The summed E-state index contributed by atoms with van der Waals surface area (Å²) in [6.45, 7) is 2.26. The number of benzene rings is 2. The van der Waals surface area contributed by atoms with Crippen LogP contribution in [0.25, 0.3) is 11.1 Å². The largest absolute Gasteiger partial charge is 0.206 e. The van der Waals surface area contributed by atoms with Gasteiger partial charge in [0.15, 0.2) is 0 Å². The van der Waals surface area contributed by atoms with Crippen LogP contribution < -0.4 is 0 Å². The molecule has 0 N–H and O–H groups in total. The van der Waals surface area contributed by atoms with Gasteiger partial charge in [0, 0.05) is 11.1 Å². The van der Waals surface area contributed by atoms with Crippen LogP contribution in [0.15, 0.2) is 54.1 Å². The number of rotatable bonds is 6. The average Bonchev–Trinajstić information content (AvgIpc) is 2.76. The Morgan fingerprint density at radius 3 is 2.45 bits per heavy atom. The number of allylic oxidation sites excluding steroid dienone is 2. The van der Waals surface area contributed by atoms with Crippen LogP contribution in [0.1, 0.15) is 69.4 Å². The van der Waals surface area contributed by atoms with Gasteiger partial charge in [0.1, 0.15) is 5.82 Å². The molecule has 1 atom stereocenters. The quantitative estimate of drug-likeness (QED) is 0.375. The first-order valence-electron chi connectivity index (χ1n) is 10.7. The lowest BCUT2D eigenvalue weighted by Gasteiger charge is -2.19. The summed E-state index contributed by atoms with van der Waals surface area (Å²) in [6.07, 6.45) is 12.6. The first kappa shape index (κ1) is 20.9. The fraction of sp³-hybridized carbons (Fsp3) is 0.370. The molecule has 29 heavy (non-hydrogen) atoms. The summed E-state index contributed by atoms with van der Waals surface area (Å²) in [7, 11) is 0. The van der Waals surface area contributed by atoms with E-state index in [1.165, 1.54) is 50.2 Å². The molecule has 2 aromatic rings. The van der Waals surface area contributed by atoms with Crippen LogP contribution in [-0.4, -0.2) is 0 Å². The third-order valence-corrected chi connectivity index (χ3v) is 5.65. The fourth-order valence-corrected chi connectivity index (χ4v) is 3.83. The highest BCUT2D eigenvalue weighted by molar-refractivity contribution is 5.66. The second-order valence-corrected chi connectivity index (χ2v) is 7.85. The van der Waals surface area contributed by atoms with Crippen molar-refractivity contribution in [1.82, 2.24) is 0 Å². The third kappa shape index (κ3) is 6.07. The van der Waals surface area contributed by atoms with E-state index in [1.807, 2.05) is 30.3 Å². The van der Waals surface area contributed by atoms with E-state index in [-0.39, 0.29) is 5.82 Å². The molecular weight excluding hydrogens is 357 g/mol. The molecule has 0 saturated carbocycles. The van der Waals surface area contributed by atoms with E-state index in [4.69, 9.17) is 5.26 Å². The zero-order chi connectivity index (χ0) is 20.5. The summed E-state index contributed by atoms with van der Waals surface area (Å²) in [5.41, 5.74) is 3.81. The van der Waals surface area contributed by atoms with Gasteiger partial charge in [-0.25, -0.2) is 4.39 Å². The van der Waals surface area contributed by atoms with Gasteiger partial charge in [0.25, 0.3) is 0 Å². The summed E-state index contributed by atoms with van der Waals surface area (Å²) < 4.78 is 14.2. The van der Waals surface area contributed by atoms with Crippen molar-refractivity contribution in [2.75, 3.05) is 0 Å². The standard InChI is InChI=1S/C27H28FN/c1-2-3-4-5-6-21-7-9-22(10-8-21)11-12-23-13-16-25(17-14-23)26-18-15-24(20-29)19-27(26)28/h9,13-19,21H,2-8,10H2,1H3. The molecule has 1 nitrogen and oxygen atoms in total. The van der Waals surface area contributed by atoms with Crippen molar-refractivity contribution in [3.63, 3.8) is 0 Å². The molecule has 0 radical (unpaired) electrons. The van der Waals surface area contributed by atoms with Gasteiger partial charge in [-0.2, -0.15) is 5.26 Å². The Labute approximate surface area is 174 Å². The minimum atomic E-state index is -0.375. The molecule has 0 aliphatic heterocycles. The van der Waals surface area contributed by atoms with Crippen molar-refractivity contribution < 1.29 is 4.39 Å². The minimum Gasteiger partial charge on any atom is -0.206 e. The molecule has 0 heterocycles. The van der Waals surface area contributed by atoms with E-state index >= 15 is 0 Å². The van der Waals surface area contributed by atoms with Crippen LogP contribution in [0.5, 0.6) is 0 Å². The summed E-state index contributed by atoms with van der Waals surface area (Å²) in [4.78, 5) is 0. The number of hydrogen-bond acceptors (Lipinski definition) is 1. The van der Waals surface area contributed by atoms with Crippen LogP contribution in [0.3, 0.4) is 0 Å². The lowest BCUT2D eigenvalue weighted by Crippen LogP contribution is -2.05. The zero-order valence-electron chi connectivity index (χ0n) is 17.2. The van der Waals surface area contributed by atoms with E-state index in [0.717, 1.165) is 29.9 Å². The molecule has 0 aromatic heterocycles. The monoisotopic (exact) mass is 385 g/mol. The normalized spacial score (nSPS) is 15.8. The Hall–Kier alpha value is -2.84. The maximum absolute atomic E-state index is 14.2. The molecule has 1 aliphatic carbocycles. The number of unbranched alkanes of at least 4 members (excludes halogenated alkanes) is 3. The van der Waals surface area contributed by atoms with Gasteiger partial charge < -0.3 is 0 Å². The molecule has 2 aromatic carbocycles. The highest BCUT2D eigenvalue weighted by Gasteiger charge is 2.13. The van der Waals surface area contributed by atoms with Crippen molar-refractivity contribution in [1.29, 1.82) is 5.26 Å². The number of hydrogen-bond donors (Lipinski definition) is 0. The molecule has 148 valence electrons. The Morgan fingerprint density at radius 2 is 1.79 bits per heavy atom. The SMILES string of the molecule is CCCCCCC1CC=C(C#Cc2ccc(-c3ccc(C#N)cc3F)cc2)CC1. The van der Waals surface area contributed by atoms with Crippen LogP contribution in [-0.2, 0) is 0 Å². The van der Waals surface area contributed by atoms with Gasteiger partial charge >= 0.3 is 0 Å². The van der Waals surface area contributed by atoms with Crippen molar-refractivity contribution in [2.24, 2.45) is 5.92 Å². The molecular formula is C27H28FN. The van der Waals surface area contributed by atoms with Gasteiger partial charge in [-0.3, -0.25) is 0 Å². The Bertz CT molecular complexity index is 951. The topological polar surface area (TPSA) is 23.8 Å². The van der Waals surface area contributed by atoms with Gasteiger partial charge in [-0.15, -0.1) is 0 Å². The van der Waals surface area contributed by atoms with E-state index in [2.05, 4.69) is 24.8 Å². The van der Waals surface area contributed by atoms with E-state index in [1.54, 1.807) is 12.1 Å². The molecule has 0 saturated heterocycles. The Balaban J connectivity index is 1.58. The first-order valence-corrected chi connectivity index (χ1v) is 10.7. The van der Waals surface area contributed by atoms with E-state index < -0.39 is 0 Å². The maximum Gasteiger partial charge on any atom is 0.132 e. The molecule has 1 unspecified atom stereocenters. The summed E-state index contributed by atoms with van der Waals surface area (Å²) >= 11 is 0. The summed E-state index contributed by atoms with van der Waals surface area (Å²) in [5.74, 6) is 7.02.